The molecule has 3 aromatic rings. The van der Waals surface area contributed by atoms with Crippen LogP contribution in [0.1, 0.15) is 11.1 Å². The number of nitrogens with one attached hydrogen (secondary N) is 1. The summed E-state index contributed by atoms with van der Waals surface area (Å²) in [6.45, 7) is 0.575. The molecule has 3 rings (SSSR count). The van der Waals surface area contributed by atoms with Crippen LogP contribution < -0.4 is 5.32 Å². The largest absolute Gasteiger partial charge is 0.320 e. The number of benzene rings is 2. The fourth-order valence-corrected chi connectivity index (χ4v) is 2.71. The zero-order valence-electron chi connectivity index (χ0n) is 13.2. The molecule has 0 unspecified atom stereocenters. The van der Waals surface area contributed by atoms with Gasteiger partial charge in [0.25, 0.3) is 0 Å². The van der Waals surface area contributed by atoms with E-state index in [2.05, 4.69) is 10.4 Å². The predicted octanol–water partition coefficient (Wildman–Crippen LogP) is 4.89. The van der Waals surface area contributed by atoms with Crippen molar-refractivity contribution in [1.29, 1.82) is 0 Å². The molecular formula is C19H15Cl2N3O. The topological polar surface area (TPSA) is 46.9 Å². The standard InChI is InChI=1S/C19H15Cl2N3O/c20-16-6-3-4-14(10-16)12-24-13-17(11-22-24)23-19(25)9-8-15-5-1-2-7-18(15)21/h1-11,13H,12H2,(H,23,25)/b9-8+. The van der Waals surface area contributed by atoms with Crippen molar-refractivity contribution in [2.75, 3.05) is 5.32 Å². The summed E-state index contributed by atoms with van der Waals surface area (Å²) in [6, 6.07) is 14.9. The molecule has 4 nitrogen and oxygen atoms in total. The van der Waals surface area contributed by atoms with Crippen molar-refractivity contribution in [2.45, 2.75) is 6.54 Å². The molecule has 0 aliphatic carbocycles. The van der Waals surface area contributed by atoms with Gasteiger partial charge in [-0.1, -0.05) is 53.5 Å². The van der Waals surface area contributed by atoms with Gasteiger partial charge in [-0.3, -0.25) is 9.48 Å². The van der Waals surface area contributed by atoms with Crippen LogP contribution in [0, 0.1) is 0 Å². The van der Waals surface area contributed by atoms with Gasteiger partial charge in [-0.2, -0.15) is 5.10 Å². The summed E-state index contributed by atoms with van der Waals surface area (Å²) in [5.74, 6) is -0.248. The molecule has 2 aromatic carbocycles. The average molecular weight is 372 g/mol. The molecule has 1 heterocycles. The van der Waals surface area contributed by atoms with E-state index in [-0.39, 0.29) is 5.91 Å². The molecule has 0 saturated heterocycles. The monoisotopic (exact) mass is 371 g/mol. The summed E-state index contributed by atoms with van der Waals surface area (Å²) in [7, 11) is 0. The fraction of sp³-hybridized carbons (Fsp3) is 0.0526. The summed E-state index contributed by atoms with van der Waals surface area (Å²) < 4.78 is 1.74. The SMILES string of the molecule is O=C(/C=C/c1ccccc1Cl)Nc1cnn(Cc2cccc(Cl)c2)c1. The quantitative estimate of drug-likeness (QED) is 0.649. The van der Waals surface area contributed by atoms with Gasteiger partial charge >= 0.3 is 0 Å². The summed E-state index contributed by atoms with van der Waals surface area (Å²) in [5.41, 5.74) is 2.44. The minimum atomic E-state index is -0.248. The maximum Gasteiger partial charge on any atom is 0.248 e. The smallest absolute Gasteiger partial charge is 0.248 e. The van der Waals surface area contributed by atoms with E-state index in [4.69, 9.17) is 23.2 Å². The first-order chi connectivity index (χ1) is 12.1. The second-order valence-corrected chi connectivity index (χ2v) is 6.24. The molecule has 25 heavy (non-hydrogen) atoms. The second-order valence-electron chi connectivity index (χ2n) is 5.40. The van der Waals surface area contributed by atoms with Gasteiger partial charge in [0.05, 0.1) is 18.4 Å². The van der Waals surface area contributed by atoms with Crippen molar-refractivity contribution >= 4 is 40.9 Å². The Hall–Kier alpha value is -2.56. The van der Waals surface area contributed by atoms with Gasteiger partial charge in [-0.15, -0.1) is 0 Å². The number of nitrogens with zero attached hydrogens (tertiary/aromatic N) is 2. The first-order valence-corrected chi connectivity index (χ1v) is 8.36. The Morgan fingerprint density at radius 1 is 1.16 bits per heavy atom. The lowest BCUT2D eigenvalue weighted by molar-refractivity contribution is -0.111. The molecule has 0 fully saturated rings. The highest BCUT2D eigenvalue weighted by Crippen LogP contribution is 2.16. The number of amides is 1. The van der Waals surface area contributed by atoms with Crippen molar-refractivity contribution in [3.05, 3.63) is 88.2 Å². The third-order valence-electron chi connectivity index (χ3n) is 3.45. The number of rotatable bonds is 5. The Morgan fingerprint density at radius 3 is 2.80 bits per heavy atom. The van der Waals surface area contributed by atoms with Gasteiger partial charge in [0.15, 0.2) is 0 Å². The zero-order chi connectivity index (χ0) is 17.6. The van der Waals surface area contributed by atoms with E-state index in [0.29, 0.717) is 22.3 Å². The zero-order valence-corrected chi connectivity index (χ0v) is 14.7. The molecule has 0 radical (unpaired) electrons. The minimum absolute atomic E-state index is 0.248. The number of carbonyl (C=O) groups is 1. The molecule has 0 atom stereocenters. The number of aromatic nitrogens is 2. The summed E-state index contributed by atoms with van der Waals surface area (Å²) in [6.07, 6.45) is 6.48. The minimum Gasteiger partial charge on any atom is -0.320 e. The number of hydrogen-bond donors (Lipinski definition) is 1. The van der Waals surface area contributed by atoms with Crippen LogP contribution in [-0.4, -0.2) is 15.7 Å². The fourth-order valence-electron chi connectivity index (χ4n) is 2.30. The average Bonchev–Trinajstić information content (AvgIpc) is 3.01. The van der Waals surface area contributed by atoms with E-state index in [1.165, 1.54) is 6.08 Å². The first-order valence-electron chi connectivity index (χ1n) is 7.61. The number of anilines is 1. The molecule has 0 spiro atoms. The molecule has 0 aliphatic heterocycles. The number of hydrogen-bond acceptors (Lipinski definition) is 2. The molecular weight excluding hydrogens is 357 g/mol. The van der Waals surface area contributed by atoms with Crippen molar-refractivity contribution in [2.24, 2.45) is 0 Å². The molecule has 0 aliphatic rings. The third kappa shape index (κ3) is 4.95. The van der Waals surface area contributed by atoms with E-state index < -0.39 is 0 Å². The predicted molar refractivity (Wildman–Crippen MR) is 102 cm³/mol. The summed E-state index contributed by atoms with van der Waals surface area (Å²) in [4.78, 5) is 12.0. The van der Waals surface area contributed by atoms with Crippen molar-refractivity contribution in [3.63, 3.8) is 0 Å². The molecule has 1 N–H and O–H groups in total. The van der Waals surface area contributed by atoms with Gasteiger partial charge in [0.1, 0.15) is 0 Å². The Morgan fingerprint density at radius 2 is 2.00 bits per heavy atom. The highest BCUT2D eigenvalue weighted by molar-refractivity contribution is 6.32. The number of carbonyl (C=O) groups excluding carboxylic acids is 1. The van der Waals surface area contributed by atoms with Gasteiger partial charge < -0.3 is 5.32 Å². The van der Waals surface area contributed by atoms with Crippen LogP contribution in [0.2, 0.25) is 10.0 Å². The Balaban J connectivity index is 1.61. The molecule has 0 saturated carbocycles. The van der Waals surface area contributed by atoms with Crippen molar-refractivity contribution < 1.29 is 4.79 Å². The first kappa shape index (κ1) is 17.3. The summed E-state index contributed by atoms with van der Waals surface area (Å²) in [5, 5.41) is 8.29. The van der Waals surface area contributed by atoms with Gasteiger partial charge in [0.2, 0.25) is 5.91 Å². The molecule has 0 bridgehead atoms. The Kier molecular flexibility index (Phi) is 5.53. The van der Waals surface area contributed by atoms with Crippen LogP contribution in [0.25, 0.3) is 6.08 Å². The Labute approximate surface area is 155 Å². The van der Waals surface area contributed by atoms with Crippen LogP contribution in [-0.2, 0) is 11.3 Å². The van der Waals surface area contributed by atoms with Crippen molar-refractivity contribution in [1.82, 2.24) is 9.78 Å². The second kappa shape index (κ2) is 8.01. The molecule has 6 heteroatoms. The Bertz CT molecular complexity index is 918. The van der Waals surface area contributed by atoms with Crippen molar-refractivity contribution in [3.8, 4) is 0 Å². The molecule has 1 amide bonds. The lowest BCUT2D eigenvalue weighted by atomic mass is 10.2. The van der Waals surface area contributed by atoms with Crippen LogP contribution in [0.3, 0.4) is 0 Å². The van der Waals surface area contributed by atoms with Crippen LogP contribution in [0.5, 0.6) is 0 Å². The van der Waals surface area contributed by atoms with Crippen LogP contribution >= 0.6 is 23.2 Å². The van der Waals surface area contributed by atoms with E-state index >= 15 is 0 Å². The van der Waals surface area contributed by atoms with Gasteiger partial charge in [-0.25, -0.2) is 0 Å². The normalized spacial score (nSPS) is 11.0. The third-order valence-corrected chi connectivity index (χ3v) is 4.03. The van der Waals surface area contributed by atoms with Gasteiger partial charge in [0, 0.05) is 22.3 Å². The molecule has 1 aromatic heterocycles. The number of halogens is 2. The molecule has 126 valence electrons. The maximum atomic E-state index is 12.0. The maximum absolute atomic E-state index is 12.0. The lowest BCUT2D eigenvalue weighted by Crippen LogP contribution is -2.07. The van der Waals surface area contributed by atoms with E-state index in [1.807, 2.05) is 42.5 Å². The lowest BCUT2D eigenvalue weighted by Gasteiger charge is -2.02. The summed E-state index contributed by atoms with van der Waals surface area (Å²) >= 11 is 12.0. The van der Waals surface area contributed by atoms with Crippen LogP contribution in [0.15, 0.2) is 67.0 Å². The van der Waals surface area contributed by atoms with Crippen LogP contribution in [0.4, 0.5) is 5.69 Å². The van der Waals surface area contributed by atoms with E-state index in [9.17, 15) is 4.79 Å². The highest BCUT2D eigenvalue weighted by atomic mass is 35.5. The highest BCUT2D eigenvalue weighted by Gasteiger charge is 2.03. The van der Waals surface area contributed by atoms with E-state index in [0.717, 1.165) is 11.1 Å². The van der Waals surface area contributed by atoms with E-state index in [1.54, 1.807) is 29.2 Å². The van der Waals surface area contributed by atoms with Gasteiger partial charge in [-0.05, 0) is 35.4 Å².